The quantitative estimate of drug-likeness (QED) is 0.799. The van der Waals surface area contributed by atoms with E-state index >= 15 is 0 Å². The molecular formula is C13H26N2O3. The molecule has 5 nitrogen and oxygen atoms in total. The number of β-amino-alcohol motifs (C(OH)–C–C–N with tert-alkyl or cyclic N) is 1. The molecule has 0 unspecified atom stereocenters. The average Bonchev–Trinajstić information content (AvgIpc) is 2.54. The lowest BCUT2D eigenvalue weighted by Crippen LogP contribution is -2.41. The fourth-order valence-electron chi connectivity index (χ4n) is 1.85. The molecule has 0 radical (unpaired) electrons. The highest BCUT2D eigenvalue weighted by Gasteiger charge is 2.35. The Labute approximate surface area is 109 Å². The number of aliphatic hydroxyl groups excluding tert-OH is 1. The minimum atomic E-state index is -0.517. The predicted molar refractivity (Wildman–Crippen MR) is 70.4 cm³/mol. The lowest BCUT2D eigenvalue weighted by atomic mass is 10.1. The first-order valence-corrected chi connectivity index (χ1v) is 6.58. The molecular weight excluding hydrogens is 232 g/mol. The highest BCUT2D eigenvalue weighted by atomic mass is 16.6. The van der Waals surface area contributed by atoms with Crippen molar-refractivity contribution in [3.8, 4) is 0 Å². The summed E-state index contributed by atoms with van der Waals surface area (Å²) in [4.78, 5) is 13.4. The molecule has 18 heavy (non-hydrogen) atoms. The lowest BCUT2D eigenvalue weighted by Gasteiger charge is -2.24. The number of aliphatic hydroxyl groups is 1. The fourth-order valence-corrected chi connectivity index (χ4v) is 1.85. The van der Waals surface area contributed by atoms with Crippen molar-refractivity contribution in [1.29, 1.82) is 0 Å². The summed E-state index contributed by atoms with van der Waals surface area (Å²) >= 11 is 0. The van der Waals surface area contributed by atoms with E-state index in [-0.39, 0.29) is 12.1 Å². The van der Waals surface area contributed by atoms with Gasteiger partial charge in [-0.3, -0.25) is 0 Å². The van der Waals surface area contributed by atoms with E-state index in [2.05, 4.69) is 19.2 Å². The number of nitrogens with one attached hydrogen (secondary N) is 1. The van der Waals surface area contributed by atoms with E-state index in [0.717, 1.165) is 6.54 Å². The standard InChI is InChI=1S/C13H26N2O3/c1-9(2)6-14-10-7-15(8-11(10)16)12(17)18-13(3,4)5/h9-11,14,16H,6-8H2,1-5H3/t10-,11+/m1/s1. The van der Waals surface area contributed by atoms with Gasteiger partial charge in [-0.15, -0.1) is 0 Å². The van der Waals surface area contributed by atoms with E-state index in [1.54, 1.807) is 4.90 Å². The van der Waals surface area contributed by atoms with Crippen molar-refractivity contribution in [3.05, 3.63) is 0 Å². The summed E-state index contributed by atoms with van der Waals surface area (Å²) in [6.45, 7) is 11.4. The Morgan fingerprint density at radius 1 is 1.44 bits per heavy atom. The number of carbonyl (C=O) groups excluding carboxylic acids is 1. The second-order valence-electron chi connectivity index (χ2n) is 6.36. The molecule has 0 aromatic rings. The number of likely N-dealkylation sites (tertiary alicyclic amines) is 1. The molecule has 0 saturated carbocycles. The zero-order valence-electron chi connectivity index (χ0n) is 12.1. The first-order chi connectivity index (χ1) is 8.19. The maximum absolute atomic E-state index is 11.9. The molecule has 1 amide bonds. The minimum Gasteiger partial charge on any atom is -0.444 e. The molecule has 0 aromatic heterocycles. The van der Waals surface area contributed by atoms with Gasteiger partial charge in [0.05, 0.1) is 18.7 Å². The van der Waals surface area contributed by atoms with E-state index in [1.165, 1.54) is 0 Å². The number of carbonyl (C=O) groups is 1. The molecule has 0 aliphatic carbocycles. The molecule has 1 heterocycles. The Balaban J connectivity index is 2.45. The van der Waals surface area contributed by atoms with E-state index in [4.69, 9.17) is 4.74 Å². The summed E-state index contributed by atoms with van der Waals surface area (Å²) in [5, 5.41) is 13.2. The van der Waals surface area contributed by atoms with Crippen molar-refractivity contribution in [2.24, 2.45) is 5.92 Å². The zero-order chi connectivity index (χ0) is 13.9. The van der Waals surface area contributed by atoms with Crippen LogP contribution in [0.4, 0.5) is 4.79 Å². The number of nitrogens with zero attached hydrogens (tertiary/aromatic N) is 1. The number of ether oxygens (including phenoxy) is 1. The van der Waals surface area contributed by atoms with E-state index in [0.29, 0.717) is 19.0 Å². The largest absolute Gasteiger partial charge is 0.444 e. The van der Waals surface area contributed by atoms with Gasteiger partial charge in [-0.2, -0.15) is 0 Å². The highest BCUT2D eigenvalue weighted by molar-refractivity contribution is 5.68. The van der Waals surface area contributed by atoms with Crippen LogP contribution in [0.1, 0.15) is 34.6 Å². The van der Waals surface area contributed by atoms with E-state index < -0.39 is 11.7 Å². The summed E-state index contributed by atoms with van der Waals surface area (Å²) in [6.07, 6.45) is -0.869. The molecule has 0 spiro atoms. The molecule has 2 atom stereocenters. The van der Waals surface area contributed by atoms with Crippen LogP contribution in [0.2, 0.25) is 0 Å². The van der Waals surface area contributed by atoms with Crippen LogP contribution in [0, 0.1) is 5.92 Å². The maximum atomic E-state index is 11.9. The Hall–Kier alpha value is -0.810. The van der Waals surface area contributed by atoms with Gasteiger partial charge >= 0.3 is 6.09 Å². The Morgan fingerprint density at radius 2 is 2.06 bits per heavy atom. The second kappa shape index (κ2) is 5.89. The van der Waals surface area contributed by atoms with Crippen LogP contribution in [0.25, 0.3) is 0 Å². The topological polar surface area (TPSA) is 61.8 Å². The van der Waals surface area contributed by atoms with Crippen LogP contribution >= 0.6 is 0 Å². The maximum Gasteiger partial charge on any atom is 0.410 e. The SMILES string of the molecule is CC(C)CN[C@@H]1CN(C(=O)OC(C)(C)C)C[C@@H]1O. The molecule has 1 aliphatic rings. The summed E-state index contributed by atoms with van der Waals surface area (Å²) in [7, 11) is 0. The van der Waals surface area contributed by atoms with E-state index in [9.17, 15) is 9.90 Å². The smallest absolute Gasteiger partial charge is 0.410 e. The number of hydrogen-bond acceptors (Lipinski definition) is 4. The molecule has 1 saturated heterocycles. The highest BCUT2D eigenvalue weighted by Crippen LogP contribution is 2.16. The molecule has 5 heteroatoms. The van der Waals surface area contributed by atoms with Gasteiger partial charge < -0.3 is 20.1 Å². The van der Waals surface area contributed by atoms with Gasteiger partial charge in [0, 0.05) is 6.54 Å². The summed E-state index contributed by atoms with van der Waals surface area (Å²) in [5.74, 6) is 0.521. The van der Waals surface area contributed by atoms with Crippen LogP contribution in [0.5, 0.6) is 0 Å². The first kappa shape index (κ1) is 15.2. The van der Waals surface area contributed by atoms with Crippen LogP contribution < -0.4 is 5.32 Å². The zero-order valence-corrected chi connectivity index (χ0v) is 12.1. The number of hydrogen-bond donors (Lipinski definition) is 2. The fraction of sp³-hybridized carbons (Fsp3) is 0.923. The molecule has 0 bridgehead atoms. The molecule has 1 fully saturated rings. The predicted octanol–water partition coefficient (Wildman–Crippen LogP) is 1.21. The van der Waals surface area contributed by atoms with Crippen molar-refractivity contribution in [2.45, 2.75) is 52.4 Å². The van der Waals surface area contributed by atoms with Gasteiger partial charge in [-0.25, -0.2) is 4.79 Å². The lowest BCUT2D eigenvalue weighted by molar-refractivity contribution is 0.0270. The van der Waals surface area contributed by atoms with Crippen LogP contribution in [-0.4, -0.2) is 53.5 Å². The summed E-state index contributed by atoms with van der Waals surface area (Å²) < 4.78 is 5.29. The normalized spacial score (nSPS) is 24.7. The molecule has 1 rings (SSSR count). The minimum absolute atomic E-state index is 0.0556. The van der Waals surface area contributed by atoms with Crippen molar-refractivity contribution in [3.63, 3.8) is 0 Å². The summed E-state index contributed by atoms with van der Waals surface area (Å²) in [5.41, 5.74) is -0.495. The van der Waals surface area contributed by atoms with Gasteiger partial charge in [0.25, 0.3) is 0 Å². The van der Waals surface area contributed by atoms with Gasteiger partial charge in [0.1, 0.15) is 5.60 Å². The van der Waals surface area contributed by atoms with Crippen LogP contribution in [0.15, 0.2) is 0 Å². The molecule has 2 N–H and O–H groups in total. The Bertz CT molecular complexity index is 286. The van der Waals surface area contributed by atoms with Gasteiger partial charge in [0.15, 0.2) is 0 Å². The molecule has 106 valence electrons. The Morgan fingerprint density at radius 3 is 2.56 bits per heavy atom. The van der Waals surface area contributed by atoms with Gasteiger partial charge in [-0.1, -0.05) is 13.8 Å². The average molecular weight is 258 g/mol. The van der Waals surface area contributed by atoms with Gasteiger partial charge in [0.2, 0.25) is 0 Å². The van der Waals surface area contributed by atoms with Crippen molar-refractivity contribution in [2.75, 3.05) is 19.6 Å². The third kappa shape index (κ3) is 4.82. The van der Waals surface area contributed by atoms with Crippen LogP contribution in [0.3, 0.4) is 0 Å². The van der Waals surface area contributed by atoms with Crippen LogP contribution in [-0.2, 0) is 4.74 Å². The number of rotatable bonds is 3. The monoisotopic (exact) mass is 258 g/mol. The molecule has 1 aliphatic heterocycles. The molecule has 0 aromatic carbocycles. The van der Waals surface area contributed by atoms with Crippen molar-refractivity contribution in [1.82, 2.24) is 10.2 Å². The third-order valence-electron chi connectivity index (χ3n) is 2.73. The summed E-state index contributed by atoms with van der Waals surface area (Å²) in [6, 6.07) is -0.0556. The van der Waals surface area contributed by atoms with Crippen molar-refractivity contribution >= 4 is 6.09 Å². The van der Waals surface area contributed by atoms with Gasteiger partial charge in [-0.05, 0) is 33.2 Å². The second-order valence-corrected chi connectivity index (χ2v) is 6.36. The van der Waals surface area contributed by atoms with Crippen molar-refractivity contribution < 1.29 is 14.6 Å². The first-order valence-electron chi connectivity index (χ1n) is 6.58. The third-order valence-corrected chi connectivity index (χ3v) is 2.73. The van der Waals surface area contributed by atoms with E-state index in [1.807, 2.05) is 20.8 Å². The number of amides is 1. The Kier molecular flexibility index (Phi) is 4.99.